The van der Waals surface area contributed by atoms with Crippen molar-refractivity contribution in [2.24, 2.45) is 0 Å². The maximum absolute atomic E-state index is 12.5. The van der Waals surface area contributed by atoms with Gasteiger partial charge in [0.25, 0.3) is 6.43 Å². The maximum Gasteiger partial charge on any atom is 0.255 e. The van der Waals surface area contributed by atoms with Gasteiger partial charge >= 0.3 is 0 Å². The van der Waals surface area contributed by atoms with E-state index in [0.717, 1.165) is 18.4 Å². The van der Waals surface area contributed by atoms with Gasteiger partial charge in [0.1, 0.15) is 0 Å². The number of halogens is 2. The molecule has 1 fully saturated rings. The Morgan fingerprint density at radius 3 is 2.45 bits per heavy atom. The number of carbonyl (C=O) groups excluding carboxylic acids is 2. The molecular formula is C16H18F2N2O2. The van der Waals surface area contributed by atoms with Crippen LogP contribution in [0.1, 0.15) is 25.3 Å². The molecule has 118 valence electrons. The lowest BCUT2D eigenvalue weighted by atomic mass is 10.2. The molecule has 0 saturated heterocycles. The van der Waals surface area contributed by atoms with E-state index in [2.05, 4.69) is 5.32 Å². The van der Waals surface area contributed by atoms with Crippen LogP contribution >= 0.6 is 0 Å². The third kappa shape index (κ3) is 4.95. The Balaban J connectivity index is 1.97. The molecule has 1 aromatic carbocycles. The van der Waals surface area contributed by atoms with Crippen molar-refractivity contribution in [3.8, 4) is 0 Å². The fourth-order valence-corrected chi connectivity index (χ4v) is 2.10. The monoisotopic (exact) mass is 308 g/mol. The van der Waals surface area contributed by atoms with Crippen LogP contribution in [0.2, 0.25) is 0 Å². The molecular weight excluding hydrogens is 290 g/mol. The van der Waals surface area contributed by atoms with Crippen molar-refractivity contribution in [2.45, 2.75) is 32.2 Å². The molecule has 22 heavy (non-hydrogen) atoms. The number of nitrogens with zero attached hydrogens (tertiary/aromatic N) is 1. The number of nitrogens with one attached hydrogen (secondary N) is 1. The summed E-state index contributed by atoms with van der Waals surface area (Å²) in [5.41, 5.74) is 1.42. The summed E-state index contributed by atoms with van der Waals surface area (Å²) in [6.07, 6.45) is 1.96. The zero-order valence-corrected chi connectivity index (χ0v) is 12.3. The fourth-order valence-electron chi connectivity index (χ4n) is 2.10. The Morgan fingerprint density at radius 1 is 1.32 bits per heavy atom. The van der Waals surface area contributed by atoms with Gasteiger partial charge in [-0.05, 0) is 36.6 Å². The molecule has 1 saturated carbocycles. The molecule has 0 heterocycles. The van der Waals surface area contributed by atoms with Gasteiger partial charge in [0, 0.05) is 24.7 Å². The highest BCUT2D eigenvalue weighted by Crippen LogP contribution is 2.27. The summed E-state index contributed by atoms with van der Waals surface area (Å²) in [5, 5.41) is 2.64. The summed E-state index contributed by atoms with van der Waals surface area (Å²) in [7, 11) is 0. The molecule has 0 atom stereocenters. The Kier molecular flexibility index (Phi) is 5.25. The smallest absolute Gasteiger partial charge is 0.255 e. The van der Waals surface area contributed by atoms with Gasteiger partial charge in [0.15, 0.2) is 0 Å². The van der Waals surface area contributed by atoms with Gasteiger partial charge in [0.2, 0.25) is 11.8 Å². The summed E-state index contributed by atoms with van der Waals surface area (Å²) in [5.74, 6) is -0.556. The zero-order valence-electron chi connectivity index (χ0n) is 12.3. The summed E-state index contributed by atoms with van der Waals surface area (Å²) >= 11 is 0. The first-order chi connectivity index (χ1) is 10.5. The van der Waals surface area contributed by atoms with Crippen LogP contribution in [-0.2, 0) is 9.59 Å². The van der Waals surface area contributed by atoms with Crippen LogP contribution in [0.4, 0.5) is 14.5 Å². The lowest BCUT2D eigenvalue weighted by Gasteiger charge is -2.20. The van der Waals surface area contributed by atoms with E-state index in [9.17, 15) is 18.4 Å². The third-order valence-electron chi connectivity index (χ3n) is 3.25. The number of carbonyl (C=O) groups is 2. The van der Waals surface area contributed by atoms with Gasteiger partial charge in [-0.3, -0.25) is 9.59 Å². The first-order valence-corrected chi connectivity index (χ1v) is 7.10. The minimum Gasteiger partial charge on any atom is -0.330 e. The van der Waals surface area contributed by atoms with Crippen LogP contribution in [0.5, 0.6) is 0 Å². The molecule has 2 amide bonds. The SMILES string of the molecule is CC(=O)Nc1ccc(C=CC(=O)N(CC(F)F)C2CC2)cc1. The van der Waals surface area contributed by atoms with Crippen molar-refractivity contribution < 1.29 is 18.4 Å². The van der Waals surface area contributed by atoms with E-state index >= 15 is 0 Å². The molecule has 1 aliphatic rings. The molecule has 0 aromatic heterocycles. The predicted molar refractivity (Wildman–Crippen MR) is 80.5 cm³/mol. The van der Waals surface area contributed by atoms with Crippen molar-refractivity contribution in [3.63, 3.8) is 0 Å². The lowest BCUT2D eigenvalue weighted by molar-refractivity contribution is -0.128. The van der Waals surface area contributed by atoms with E-state index in [1.807, 2.05) is 0 Å². The molecule has 1 aliphatic carbocycles. The highest BCUT2D eigenvalue weighted by molar-refractivity contribution is 5.92. The van der Waals surface area contributed by atoms with Gasteiger partial charge in [-0.1, -0.05) is 12.1 Å². The zero-order chi connectivity index (χ0) is 16.1. The van der Waals surface area contributed by atoms with E-state index in [1.165, 1.54) is 17.9 Å². The molecule has 1 aromatic rings. The average molecular weight is 308 g/mol. The summed E-state index contributed by atoms with van der Waals surface area (Å²) < 4.78 is 25.0. The molecule has 0 bridgehead atoms. The summed E-state index contributed by atoms with van der Waals surface area (Å²) in [4.78, 5) is 24.1. The molecule has 4 nitrogen and oxygen atoms in total. The number of rotatable bonds is 6. The van der Waals surface area contributed by atoms with Crippen LogP contribution in [0.3, 0.4) is 0 Å². The summed E-state index contributed by atoms with van der Waals surface area (Å²) in [6.45, 7) is 0.900. The molecule has 1 N–H and O–H groups in total. The molecule has 6 heteroatoms. The number of anilines is 1. The Bertz CT molecular complexity index is 566. The van der Waals surface area contributed by atoms with E-state index < -0.39 is 18.9 Å². The largest absolute Gasteiger partial charge is 0.330 e. The maximum atomic E-state index is 12.5. The normalized spacial score (nSPS) is 14.4. The van der Waals surface area contributed by atoms with Crippen LogP contribution < -0.4 is 5.32 Å². The molecule has 0 aliphatic heterocycles. The third-order valence-corrected chi connectivity index (χ3v) is 3.25. The van der Waals surface area contributed by atoms with Crippen molar-refractivity contribution >= 4 is 23.6 Å². The van der Waals surface area contributed by atoms with Crippen LogP contribution in [0, 0.1) is 0 Å². The Hall–Kier alpha value is -2.24. The number of alkyl halides is 2. The quantitative estimate of drug-likeness (QED) is 0.822. The lowest BCUT2D eigenvalue weighted by Crippen LogP contribution is -2.35. The van der Waals surface area contributed by atoms with E-state index in [-0.39, 0.29) is 11.9 Å². The second-order valence-electron chi connectivity index (χ2n) is 5.25. The first-order valence-electron chi connectivity index (χ1n) is 7.10. The number of amides is 2. The van der Waals surface area contributed by atoms with E-state index in [0.29, 0.717) is 5.69 Å². The highest BCUT2D eigenvalue weighted by Gasteiger charge is 2.33. The topological polar surface area (TPSA) is 49.4 Å². The van der Waals surface area contributed by atoms with Crippen molar-refractivity contribution in [1.29, 1.82) is 0 Å². The van der Waals surface area contributed by atoms with Gasteiger partial charge in [-0.2, -0.15) is 0 Å². The van der Waals surface area contributed by atoms with Gasteiger partial charge in [-0.15, -0.1) is 0 Å². The number of hydrogen-bond donors (Lipinski definition) is 1. The minimum absolute atomic E-state index is 0.0479. The standard InChI is InChI=1S/C16H18F2N2O2/c1-11(21)19-13-5-2-12(3-6-13)4-9-16(22)20(10-15(17)18)14-7-8-14/h2-6,9,14-15H,7-8,10H2,1H3,(H,19,21). The predicted octanol–water partition coefficient (Wildman–Crippen LogP) is 2.91. The van der Waals surface area contributed by atoms with E-state index in [1.54, 1.807) is 30.3 Å². The second-order valence-corrected chi connectivity index (χ2v) is 5.25. The molecule has 0 spiro atoms. The second kappa shape index (κ2) is 7.15. The van der Waals surface area contributed by atoms with Gasteiger partial charge in [-0.25, -0.2) is 8.78 Å². The number of benzene rings is 1. The molecule has 0 radical (unpaired) electrons. The Morgan fingerprint density at radius 2 is 1.95 bits per heavy atom. The van der Waals surface area contributed by atoms with Crippen LogP contribution in [-0.4, -0.2) is 35.7 Å². The van der Waals surface area contributed by atoms with Crippen molar-refractivity contribution in [1.82, 2.24) is 4.90 Å². The van der Waals surface area contributed by atoms with Crippen molar-refractivity contribution in [3.05, 3.63) is 35.9 Å². The molecule has 0 unspecified atom stereocenters. The van der Waals surface area contributed by atoms with Crippen LogP contribution in [0.25, 0.3) is 6.08 Å². The summed E-state index contributed by atoms with van der Waals surface area (Å²) in [6, 6.07) is 6.85. The number of hydrogen-bond acceptors (Lipinski definition) is 2. The highest BCUT2D eigenvalue weighted by atomic mass is 19.3. The van der Waals surface area contributed by atoms with Gasteiger partial charge < -0.3 is 10.2 Å². The van der Waals surface area contributed by atoms with Crippen molar-refractivity contribution in [2.75, 3.05) is 11.9 Å². The van der Waals surface area contributed by atoms with Gasteiger partial charge in [0.05, 0.1) is 6.54 Å². The molecule has 2 rings (SSSR count). The average Bonchev–Trinajstić information content (AvgIpc) is 3.27. The first kappa shape index (κ1) is 16.1. The fraction of sp³-hybridized carbons (Fsp3) is 0.375. The minimum atomic E-state index is -2.52. The van der Waals surface area contributed by atoms with E-state index in [4.69, 9.17) is 0 Å². The Labute approximate surface area is 127 Å². The van der Waals surface area contributed by atoms with Crippen LogP contribution in [0.15, 0.2) is 30.3 Å².